The number of ether oxygens (including phenoxy) is 3. The second kappa shape index (κ2) is 7.94. The number of hydrogen-bond donors (Lipinski definition) is 0. The van der Waals surface area contributed by atoms with E-state index in [1.807, 2.05) is 0 Å². The molecule has 1 aromatic carbocycles. The average molecular weight is 440 g/mol. The van der Waals surface area contributed by atoms with Crippen LogP contribution >= 0.6 is 15.9 Å². The van der Waals surface area contributed by atoms with Gasteiger partial charge in [-0.2, -0.15) is 0 Å². The van der Waals surface area contributed by atoms with Crippen molar-refractivity contribution in [2.45, 2.75) is 51.7 Å². The second-order valence-corrected chi connectivity index (χ2v) is 7.78. The molecule has 0 aromatic heterocycles. The highest BCUT2D eigenvalue weighted by molar-refractivity contribution is 9.10. The highest BCUT2D eigenvalue weighted by atomic mass is 79.9. The van der Waals surface area contributed by atoms with Crippen LogP contribution in [0.1, 0.15) is 33.6 Å². The number of carbonyl (C=O) groups excluding carboxylic acids is 1. The van der Waals surface area contributed by atoms with Crippen molar-refractivity contribution in [2.24, 2.45) is 0 Å². The predicted octanol–water partition coefficient (Wildman–Crippen LogP) is 5.13. The molecular weight excluding hydrogens is 419 g/mol. The van der Waals surface area contributed by atoms with Crippen LogP contribution in [0.5, 0.6) is 11.5 Å². The third-order valence-corrected chi connectivity index (χ3v) is 4.18. The van der Waals surface area contributed by atoms with Gasteiger partial charge in [0.1, 0.15) is 23.2 Å². The van der Waals surface area contributed by atoms with Crippen LogP contribution in [0.2, 0.25) is 0 Å². The first-order valence-corrected chi connectivity index (χ1v) is 8.92. The topological polar surface area (TPSA) is 48.0 Å². The van der Waals surface area contributed by atoms with E-state index in [-0.39, 0.29) is 23.7 Å². The molecule has 1 heterocycles. The first-order valence-electron chi connectivity index (χ1n) is 8.13. The lowest BCUT2D eigenvalue weighted by Gasteiger charge is -2.33. The molecule has 0 saturated carbocycles. The maximum Gasteiger partial charge on any atom is 0.573 e. The number of amides is 1. The zero-order chi connectivity index (χ0) is 19.5. The summed E-state index contributed by atoms with van der Waals surface area (Å²) in [5, 5.41) is 0. The van der Waals surface area contributed by atoms with Crippen LogP contribution in [0.4, 0.5) is 18.0 Å². The Hall–Kier alpha value is -1.64. The SMILES string of the molecule is CC(C)(C)OC(=O)N1CCC(Oc2cc(OC(F)(F)F)ccc2Br)CC1. The summed E-state index contributed by atoms with van der Waals surface area (Å²) in [4.78, 5) is 13.6. The molecule has 0 atom stereocenters. The van der Waals surface area contributed by atoms with Gasteiger partial charge in [-0.1, -0.05) is 0 Å². The lowest BCUT2D eigenvalue weighted by molar-refractivity contribution is -0.274. The van der Waals surface area contributed by atoms with Crippen molar-refractivity contribution in [2.75, 3.05) is 13.1 Å². The van der Waals surface area contributed by atoms with Gasteiger partial charge in [-0.3, -0.25) is 0 Å². The number of halogens is 4. The molecule has 0 spiro atoms. The minimum Gasteiger partial charge on any atom is -0.489 e. The number of carbonyl (C=O) groups is 1. The lowest BCUT2D eigenvalue weighted by atomic mass is 10.1. The average Bonchev–Trinajstić information content (AvgIpc) is 2.48. The van der Waals surface area contributed by atoms with Crippen LogP contribution in [-0.4, -0.2) is 42.2 Å². The summed E-state index contributed by atoms with van der Waals surface area (Å²) in [5.74, 6) is -0.0793. The Bertz CT molecular complexity index is 638. The molecule has 0 aliphatic carbocycles. The summed E-state index contributed by atoms with van der Waals surface area (Å²) in [7, 11) is 0. The molecule has 0 unspecified atom stereocenters. The number of alkyl halides is 3. The molecule has 0 bridgehead atoms. The monoisotopic (exact) mass is 439 g/mol. The van der Waals surface area contributed by atoms with E-state index in [9.17, 15) is 18.0 Å². The third-order valence-electron chi connectivity index (χ3n) is 3.52. The number of hydrogen-bond acceptors (Lipinski definition) is 4. The summed E-state index contributed by atoms with van der Waals surface area (Å²) < 4.78 is 52.6. The molecule has 1 aliphatic rings. The minimum atomic E-state index is -4.76. The van der Waals surface area contributed by atoms with Crippen LogP contribution in [0.3, 0.4) is 0 Å². The van der Waals surface area contributed by atoms with Gasteiger partial charge in [0.15, 0.2) is 0 Å². The molecule has 5 nitrogen and oxygen atoms in total. The Labute approximate surface area is 158 Å². The summed E-state index contributed by atoms with van der Waals surface area (Å²) in [6, 6.07) is 3.83. The highest BCUT2D eigenvalue weighted by Crippen LogP contribution is 2.34. The minimum absolute atomic E-state index is 0.217. The third kappa shape index (κ3) is 6.59. The van der Waals surface area contributed by atoms with Gasteiger partial charge in [0.2, 0.25) is 0 Å². The van der Waals surface area contributed by atoms with Gasteiger partial charge < -0.3 is 19.1 Å². The normalized spacial score (nSPS) is 16.3. The van der Waals surface area contributed by atoms with E-state index in [1.54, 1.807) is 25.7 Å². The van der Waals surface area contributed by atoms with Crippen molar-refractivity contribution in [1.82, 2.24) is 4.90 Å². The number of rotatable bonds is 3. The van der Waals surface area contributed by atoms with Gasteiger partial charge >= 0.3 is 12.5 Å². The standard InChI is InChI=1S/C17H21BrF3NO4/c1-16(2,3)26-15(23)22-8-6-11(7-9-22)24-14-10-12(4-5-13(14)18)25-17(19,20)21/h4-5,10-11H,6-9H2,1-3H3. The molecule has 146 valence electrons. The molecule has 1 amide bonds. The molecule has 0 radical (unpaired) electrons. The fourth-order valence-electron chi connectivity index (χ4n) is 2.43. The van der Waals surface area contributed by atoms with Crippen LogP contribution in [0, 0.1) is 0 Å². The molecule has 1 fully saturated rings. The van der Waals surface area contributed by atoms with E-state index < -0.39 is 12.0 Å². The predicted molar refractivity (Wildman–Crippen MR) is 92.3 cm³/mol. The zero-order valence-corrected chi connectivity index (χ0v) is 16.3. The number of piperidine rings is 1. The molecule has 1 aromatic rings. The van der Waals surface area contributed by atoms with Crippen LogP contribution < -0.4 is 9.47 Å². The second-order valence-electron chi connectivity index (χ2n) is 6.92. The van der Waals surface area contributed by atoms with Crippen molar-refractivity contribution in [3.8, 4) is 11.5 Å². The summed E-state index contributed by atoms with van der Waals surface area (Å²) >= 11 is 3.26. The summed E-state index contributed by atoms with van der Waals surface area (Å²) in [6.07, 6.45) is -4.25. The highest BCUT2D eigenvalue weighted by Gasteiger charge is 2.32. The van der Waals surface area contributed by atoms with Crippen molar-refractivity contribution >= 4 is 22.0 Å². The molecule has 26 heavy (non-hydrogen) atoms. The van der Waals surface area contributed by atoms with Crippen molar-refractivity contribution in [3.63, 3.8) is 0 Å². The zero-order valence-electron chi connectivity index (χ0n) is 14.7. The Morgan fingerprint density at radius 2 is 1.81 bits per heavy atom. The maximum absolute atomic E-state index is 12.3. The van der Waals surface area contributed by atoms with Gasteiger partial charge in [-0.15, -0.1) is 13.2 Å². The number of benzene rings is 1. The van der Waals surface area contributed by atoms with Crippen LogP contribution in [0.15, 0.2) is 22.7 Å². The Kier molecular flexibility index (Phi) is 6.31. The molecule has 0 N–H and O–H groups in total. The number of likely N-dealkylation sites (tertiary alicyclic amines) is 1. The van der Waals surface area contributed by atoms with Gasteiger partial charge in [-0.05, 0) is 48.8 Å². The fourth-order valence-corrected chi connectivity index (χ4v) is 2.77. The maximum atomic E-state index is 12.3. The van der Waals surface area contributed by atoms with E-state index >= 15 is 0 Å². The lowest BCUT2D eigenvalue weighted by Crippen LogP contribution is -2.44. The number of nitrogens with zero attached hydrogens (tertiary/aromatic N) is 1. The first-order chi connectivity index (χ1) is 11.9. The smallest absolute Gasteiger partial charge is 0.489 e. The van der Waals surface area contributed by atoms with Gasteiger partial charge in [-0.25, -0.2) is 4.79 Å². The van der Waals surface area contributed by atoms with Crippen LogP contribution in [-0.2, 0) is 4.74 Å². The first kappa shape index (κ1) is 20.7. The summed E-state index contributed by atoms with van der Waals surface area (Å²) in [5.41, 5.74) is -0.561. The molecular formula is C17H21BrF3NO4. The Morgan fingerprint density at radius 3 is 2.35 bits per heavy atom. The molecule has 9 heteroatoms. The Balaban J connectivity index is 1.93. The van der Waals surface area contributed by atoms with Crippen molar-refractivity contribution in [3.05, 3.63) is 22.7 Å². The van der Waals surface area contributed by atoms with Crippen molar-refractivity contribution in [1.29, 1.82) is 0 Å². The van der Waals surface area contributed by atoms with E-state index in [0.29, 0.717) is 30.4 Å². The fraction of sp³-hybridized carbons (Fsp3) is 0.588. The summed E-state index contributed by atoms with van der Waals surface area (Å²) in [6.45, 7) is 6.31. The largest absolute Gasteiger partial charge is 0.573 e. The van der Waals surface area contributed by atoms with E-state index in [2.05, 4.69) is 20.7 Å². The van der Waals surface area contributed by atoms with E-state index in [1.165, 1.54) is 18.2 Å². The van der Waals surface area contributed by atoms with Crippen LogP contribution in [0.25, 0.3) is 0 Å². The molecule has 1 aliphatic heterocycles. The van der Waals surface area contributed by atoms with Crippen molar-refractivity contribution < 1.29 is 32.2 Å². The molecule has 1 saturated heterocycles. The molecule has 2 rings (SSSR count). The van der Waals surface area contributed by atoms with Gasteiger partial charge in [0, 0.05) is 32.0 Å². The quantitative estimate of drug-likeness (QED) is 0.655. The van der Waals surface area contributed by atoms with E-state index in [4.69, 9.17) is 9.47 Å². The van der Waals surface area contributed by atoms with Gasteiger partial charge in [0.05, 0.1) is 4.47 Å². The van der Waals surface area contributed by atoms with Gasteiger partial charge in [0.25, 0.3) is 0 Å². The Morgan fingerprint density at radius 1 is 1.19 bits per heavy atom. The van der Waals surface area contributed by atoms with E-state index in [0.717, 1.165) is 0 Å².